The van der Waals surface area contributed by atoms with E-state index < -0.39 is 80.2 Å². The smallest absolute Gasteiger partial charge is 0.458 e. The van der Waals surface area contributed by atoms with Crippen molar-refractivity contribution >= 4 is 86.7 Å². The van der Waals surface area contributed by atoms with Crippen LogP contribution in [0.15, 0.2) is 82.3 Å². The van der Waals surface area contributed by atoms with Crippen molar-refractivity contribution in [2.75, 3.05) is 23.4 Å². The van der Waals surface area contributed by atoms with Gasteiger partial charge in [-0.05, 0) is 46.4 Å². The zero-order valence-electron chi connectivity index (χ0n) is 29.2. The van der Waals surface area contributed by atoms with Gasteiger partial charge in [0, 0.05) is 41.2 Å². The fourth-order valence-electron chi connectivity index (χ4n) is 4.96. The highest BCUT2D eigenvalue weighted by Crippen LogP contribution is 2.41. The number of nitro groups is 2. The number of carbonyl (C=O) groups is 5. The van der Waals surface area contributed by atoms with Crippen LogP contribution in [0.4, 0.5) is 29.7 Å². The summed E-state index contributed by atoms with van der Waals surface area (Å²) in [7, 11) is 0. The Balaban J connectivity index is 1.30. The zero-order chi connectivity index (χ0) is 42.1. The number of oxime groups is 1. The fourth-order valence-corrected chi connectivity index (χ4v) is 7.69. The van der Waals surface area contributed by atoms with Gasteiger partial charge in [0.25, 0.3) is 23.2 Å². The number of anilines is 1. The number of esters is 2. The second-order valence-electron chi connectivity index (χ2n) is 11.6. The van der Waals surface area contributed by atoms with Crippen LogP contribution in [0.2, 0.25) is 0 Å². The average molecular weight is 866 g/mol. The average Bonchev–Trinajstić information content (AvgIpc) is 3.66. The number of nitrogens with one attached hydrogen (secondary N) is 2. The summed E-state index contributed by atoms with van der Waals surface area (Å²) in [6.07, 6.45) is -5.26. The van der Waals surface area contributed by atoms with Crippen molar-refractivity contribution in [2.45, 2.75) is 30.8 Å². The molecule has 3 heterocycles. The van der Waals surface area contributed by atoms with Gasteiger partial charge < -0.3 is 19.6 Å². The van der Waals surface area contributed by atoms with Crippen LogP contribution in [0.1, 0.15) is 16.8 Å². The predicted molar refractivity (Wildman–Crippen MR) is 200 cm³/mol. The Bertz CT molecular complexity index is 2200. The van der Waals surface area contributed by atoms with Crippen LogP contribution in [0.3, 0.4) is 0 Å². The molecule has 19 nitrogen and oxygen atoms in total. The highest BCUT2D eigenvalue weighted by Gasteiger charge is 2.54. The molecule has 0 saturated carbocycles. The summed E-state index contributed by atoms with van der Waals surface area (Å²) in [6, 6.07) is 9.07. The molecule has 2 atom stereocenters. The van der Waals surface area contributed by atoms with Crippen LogP contribution in [-0.4, -0.2) is 90.8 Å². The molecule has 5 rings (SSSR count). The van der Waals surface area contributed by atoms with E-state index in [2.05, 4.69) is 22.0 Å². The SMILES string of the molecule is C=CSCC1=C(C(=O)OCc2ccc([N+](=O)[O-])cc2)N2C(=O)C(NC(=O)C(=NOCC(=O)OCc3ccc([N+](=O)[O-])cc3)c3csc(NC(=O)C(F)(F)F)n3)[C@@H]2SC1. The molecule has 0 radical (unpaired) electrons. The van der Waals surface area contributed by atoms with Crippen molar-refractivity contribution in [3.8, 4) is 0 Å². The first-order valence-electron chi connectivity index (χ1n) is 16.1. The number of alkyl halides is 3. The number of thiazole rings is 1. The molecule has 0 aliphatic carbocycles. The van der Waals surface area contributed by atoms with Crippen LogP contribution in [0, 0.1) is 20.2 Å². The monoisotopic (exact) mass is 865 g/mol. The Labute approximate surface area is 335 Å². The Hall–Kier alpha value is -6.34. The standard InChI is InChI=1S/C33H26F3N7O12S3/c1-2-56-14-19-15-57-29-25(28(46)41(29)26(19)30(47)54-12-18-5-9-21(10-6-18)43(51)52)38-27(45)24(22-16-58-32(37-22)39-31(48)33(34,35)36)40-55-13-23(44)53-11-17-3-7-20(8-4-17)42(49)50/h2-10,16,25,29H,1,11-15H2,(H,38,45)(H,37,39,48)/t25?,29-/m0/s1. The third-order valence-electron chi connectivity index (χ3n) is 7.74. The number of halogens is 3. The Morgan fingerprint density at radius 1 is 1.02 bits per heavy atom. The van der Waals surface area contributed by atoms with Gasteiger partial charge in [-0.2, -0.15) is 13.2 Å². The largest absolute Gasteiger partial charge is 0.471 e. The summed E-state index contributed by atoms with van der Waals surface area (Å²) in [5.41, 5.74) is -0.244. The summed E-state index contributed by atoms with van der Waals surface area (Å²) in [5.74, 6) is -5.66. The van der Waals surface area contributed by atoms with E-state index in [0.717, 1.165) is 10.3 Å². The maximum absolute atomic E-state index is 13.6. The quantitative estimate of drug-likeness (QED) is 0.0634. The number of thioether (sulfide) groups is 2. The van der Waals surface area contributed by atoms with E-state index in [1.165, 1.54) is 82.8 Å². The Morgan fingerprint density at radius 2 is 1.62 bits per heavy atom. The first kappa shape index (κ1) is 42.8. The van der Waals surface area contributed by atoms with E-state index in [9.17, 15) is 57.4 Å². The molecule has 2 aliphatic heterocycles. The van der Waals surface area contributed by atoms with Gasteiger partial charge in [0.15, 0.2) is 10.8 Å². The molecule has 0 bridgehead atoms. The lowest BCUT2D eigenvalue weighted by molar-refractivity contribution is -0.385. The lowest BCUT2D eigenvalue weighted by Gasteiger charge is -2.49. The number of aromatic nitrogens is 1. The van der Waals surface area contributed by atoms with Gasteiger partial charge >= 0.3 is 24.0 Å². The van der Waals surface area contributed by atoms with Gasteiger partial charge in [-0.1, -0.05) is 11.7 Å². The molecule has 0 spiro atoms. The number of carbonyl (C=O) groups excluding carboxylic acids is 5. The molecule has 58 heavy (non-hydrogen) atoms. The highest BCUT2D eigenvalue weighted by atomic mass is 32.2. The molecule has 25 heteroatoms. The number of hydrogen-bond acceptors (Lipinski definition) is 17. The summed E-state index contributed by atoms with van der Waals surface area (Å²) in [5, 5.41) is 30.6. The molecule has 1 saturated heterocycles. The van der Waals surface area contributed by atoms with Gasteiger partial charge in [-0.25, -0.2) is 14.6 Å². The Kier molecular flexibility index (Phi) is 13.8. The topological polar surface area (TPSA) is 252 Å². The number of hydrogen-bond donors (Lipinski definition) is 2. The van der Waals surface area contributed by atoms with Crippen LogP contribution in [0.5, 0.6) is 0 Å². The number of β-lactam (4-membered cyclic amide) rings is 1. The summed E-state index contributed by atoms with van der Waals surface area (Å²) < 4.78 is 49.1. The second-order valence-corrected chi connectivity index (χ2v) is 14.5. The van der Waals surface area contributed by atoms with Gasteiger partial charge in [0.1, 0.15) is 36.0 Å². The zero-order valence-corrected chi connectivity index (χ0v) is 31.6. The van der Waals surface area contributed by atoms with Crippen LogP contribution < -0.4 is 10.6 Å². The fraction of sp³-hybridized carbons (Fsp3) is 0.242. The van der Waals surface area contributed by atoms with Gasteiger partial charge in [-0.15, -0.1) is 34.9 Å². The number of benzene rings is 2. The second kappa shape index (κ2) is 18.7. The van der Waals surface area contributed by atoms with E-state index in [1.54, 1.807) is 0 Å². The lowest BCUT2D eigenvalue weighted by atomic mass is 10.0. The number of nitrogens with zero attached hydrogens (tertiary/aromatic N) is 5. The summed E-state index contributed by atoms with van der Waals surface area (Å²) in [4.78, 5) is 95.1. The molecule has 2 aliphatic rings. The van der Waals surface area contributed by atoms with Gasteiger partial charge in [-0.3, -0.25) is 44.8 Å². The molecular weight excluding hydrogens is 840 g/mol. The first-order chi connectivity index (χ1) is 27.6. The molecule has 1 unspecified atom stereocenters. The van der Waals surface area contributed by atoms with E-state index in [1.807, 2.05) is 0 Å². The van der Waals surface area contributed by atoms with Crippen molar-refractivity contribution in [1.82, 2.24) is 15.2 Å². The van der Waals surface area contributed by atoms with Gasteiger partial charge in [0.05, 0.1) is 9.85 Å². The van der Waals surface area contributed by atoms with Crippen LogP contribution in [0.25, 0.3) is 0 Å². The van der Waals surface area contributed by atoms with Crippen LogP contribution in [-0.2, 0) is 51.5 Å². The third-order valence-corrected chi connectivity index (χ3v) is 10.6. The number of rotatable bonds is 17. The number of ether oxygens (including phenoxy) is 2. The minimum absolute atomic E-state index is 0.0791. The van der Waals surface area contributed by atoms with Crippen molar-refractivity contribution < 1.29 is 61.3 Å². The number of non-ortho nitro benzene ring substituents is 2. The molecule has 1 fully saturated rings. The van der Waals surface area contributed by atoms with Crippen molar-refractivity contribution in [3.05, 3.63) is 114 Å². The molecule has 3 aromatic rings. The summed E-state index contributed by atoms with van der Waals surface area (Å²) in [6.45, 7) is 2.14. The molecule has 1 aromatic heterocycles. The lowest BCUT2D eigenvalue weighted by Crippen LogP contribution is -2.71. The van der Waals surface area contributed by atoms with Crippen molar-refractivity contribution in [2.24, 2.45) is 5.16 Å². The normalized spacial score (nSPS) is 16.4. The molecule has 2 aromatic carbocycles. The molecule has 2 N–H and O–H groups in total. The Morgan fingerprint density at radius 3 is 2.19 bits per heavy atom. The summed E-state index contributed by atoms with van der Waals surface area (Å²) >= 11 is 2.93. The van der Waals surface area contributed by atoms with E-state index >= 15 is 0 Å². The minimum Gasteiger partial charge on any atom is -0.458 e. The van der Waals surface area contributed by atoms with Gasteiger partial charge in [0.2, 0.25) is 6.61 Å². The molecule has 304 valence electrons. The third kappa shape index (κ3) is 10.5. The van der Waals surface area contributed by atoms with Crippen LogP contribution >= 0.6 is 34.9 Å². The molecule has 3 amide bonds. The number of fused-ring (bicyclic) bond motifs is 1. The van der Waals surface area contributed by atoms with Crippen molar-refractivity contribution in [1.29, 1.82) is 0 Å². The van der Waals surface area contributed by atoms with E-state index in [-0.39, 0.29) is 41.8 Å². The van der Waals surface area contributed by atoms with E-state index in [0.29, 0.717) is 28.0 Å². The number of nitro benzene ring substituents is 2. The maximum Gasteiger partial charge on any atom is 0.471 e. The maximum atomic E-state index is 13.6. The highest BCUT2D eigenvalue weighted by molar-refractivity contribution is 8.02. The molecular formula is C33H26F3N7O12S3. The van der Waals surface area contributed by atoms with E-state index in [4.69, 9.17) is 14.3 Å². The van der Waals surface area contributed by atoms with Crippen molar-refractivity contribution in [3.63, 3.8) is 0 Å². The predicted octanol–water partition coefficient (Wildman–Crippen LogP) is 4.20. The number of amides is 3. The minimum atomic E-state index is -5.26. The first-order valence-corrected chi connectivity index (χ1v) is 19.1.